The zero-order valence-electron chi connectivity index (χ0n) is 15.4. The lowest BCUT2D eigenvalue weighted by atomic mass is 10.1. The number of aryl methyl sites for hydroxylation is 2. The molecule has 10 heteroatoms. The van der Waals surface area contributed by atoms with Gasteiger partial charge in [0.25, 0.3) is 11.8 Å². The molecule has 0 fully saturated rings. The molecule has 1 aromatic carbocycles. The Hall–Kier alpha value is -3.56. The Bertz CT molecular complexity index is 870. The van der Waals surface area contributed by atoms with Crippen LogP contribution in [0.5, 0.6) is 0 Å². The Labute approximate surface area is 159 Å². The Morgan fingerprint density at radius 3 is 1.50 bits per heavy atom. The largest absolute Gasteiger partial charge is 0.452 e. The van der Waals surface area contributed by atoms with Gasteiger partial charge in [0, 0.05) is 12.8 Å². The Morgan fingerprint density at radius 1 is 0.786 bits per heavy atom. The van der Waals surface area contributed by atoms with Gasteiger partial charge in [0.15, 0.2) is 24.9 Å². The van der Waals surface area contributed by atoms with Crippen LogP contribution in [-0.4, -0.2) is 32.2 Å². The first-order chi connectivity index (χ1) is 13.6. The minimum Gasteiger partial charge on any atom is -0.452 e. The van der Waals surface area contributed by atoms with E-state index in [1.165, 1.54) is 24.3 Å². The maximum Gasteiger partial charge on any atom is 0.338 e. The molecule has 0 unspecified atom stereocenters. The Balaban J connectivity index is 1.51. The first-order valence-corrected chi connectivity index (χ1v) is 8.66. The molecule has 146 valence electrons. The number of ether oxygens (including phenoxy) is 2. The van der Waals surface area contributed by atoms with Crippen molar-refractivity contribution in [2.24, 2.45) is 0 Å². The monoisotopic (exact) mass is 386 g/mol. The molecule has 10 nitrogen and oxygen atoms in total. The van der Waals surface area contributed by atoms with Crippen LogP contribution < -0.4 is 0 Å². The molecule has 0 amide bonds. The molecule has 28 heavy (non-hydrogen) atoms. The van der Waals surface area contributed by atoms with Crippen molar-refractivity contribution in [2.75, 3.05) is 0 Å². The van der Waals surface area contributed by atoms with Gasteiger partial charge in [0.1, 0.15) is 0 Å². The first-order valence-electron chi connectivity index (χ1n) is 8.66. The van der Waals surface area contributed by atoms with Crippen LogP contribution in [0, 0.1) is 0 Å². The number of aromatic nitrogens is 4. The second-order valence-electron chi connectivity index (χ2n) is 5.65. The third-order valence-corrected chi connectivity index (χ3v) is 3.66. The highest BCUT2D eigenvalue weighted by Gasteiger charge is 2.14. The van der Waals surface area contributed by atoms with Crippen LogP contribution in [-0.2, 0) is 35.5 Å². The van der Waals surface area contributed by atoms with Crippen LogP contribution in [0.4, 0.5) is 0 Å². The van der Waals surface area contributed by atoms with E-state index in [-0.39, 0.29) is 36.1 Å². The summed E-state index contributed by atoms with van der Waals surface area (Å²) in [5.74, 6) is 0.374. The molecular formula is C18H18N4O6. The first kappa shape index (κ1) is 19.2. The van der Waals surface area contributed by atoms with Crippen LogP contribution in [0.25, 0.3) is 0 Å². The Morgan fingerprint density at radius 2 is 1.18 bits per heavy atom. The fraction of sp³-hybridized carbons (Fsp3) is 0.333. The van der Waals surface area contributed by atoms with E-state index in [4.69, 9.17) is 18.5 Å². The summed E-state index contributed by atoms with van der Waals surface area (Å²) in [6.45, 7) is 3.52. The third kappa shape index (κ3) is 4.78. The van der Waals surface area contributed by atoms with Crippen molar-refractivity contribution in [3.8, 4) is 0 Å². The quantitative estimate of drug-likeness (QED) is 0.531. The minimum atomic E-state index is -0.575. The molecule has 2 heterocycles. The maximum absolute atomic E-state index is 12.1. The van der Waals surface area contributed by atoms with Crippen LogP contribution in [0.15, 0.2) is 33.3 Å². The van der Waals surface area contributed by atoms with Crippen molar-refractivity contribution in [3.63, 3.8) is 0 Å². The predicted molar refractivity (Wildman–Crippen MR) is 92.0 cm³/mol. The highest BCUT2D eigenvalue weighted by Crippen LogP contribution is 2.10. The zero-order chi connectivity index (χ0) is 19.9. The summed E-state index contributed by atoms with van der Waals surface area (Å²) >= 11 is 0. The van der Waals surface area contributed by atoms with E-state index >= 15 is 0 Å². The molecule has 0 N–H and O–H groups in total. The van der Waals surface area contributed by atoms with Crippen molar-refractivity contribution >= 4 is 11.9 Å². The summed E-state index contributed by atoms with van der Waals surface area (Å²) in [4.78, 5) is 32.2. The summed E-state index contributed by atoms with van der Waals surface area (Å²) in [5, 5.41) is 7.44. The van der Waals surface area contributed by atoms with E-state index < -0.39 is 11.9 Å². The summed E-state index contributed by atoms with van der Waals surface area (Å²) in [6.07, 6.45) is 1.25. The lowest BCUT2D eigenvalue weighted by molar-refractivity contribution is 0.0417. The molecule has 0 saturated carbocycles. The normalized spacial score (nSPS) is 10.6. The van der Waals surface area contributed by atoms with E-state index in [9.17, 15) is 9.59 Å². The van der Waals surface area contributed by atoms with Gasteiger partial charge < -0.3 is 18.5 Å². The van der Waals surface area contributed by atoms with Crippen LogP contribution >= 0.6 is 0 Å². The zero-order valence-corrected chi connectivity index (χ0v) is 15.4. The van der Waals surface area contributed by atoms with Gasteiger partial charge in [-0.05, 0) is 24.3 Å². The van der Waals surface area contributed by atoms with Gasteiger partial charge in [0.05, 0.1) is 11.1 Å². The molecule has 0 radical (unpaired) electrons. The summed E-state index contributed by atoms with van der Waals surface area (Å²) in [7, 11) is 0. The lowest BCUT2D eigenvalue weighted by Crippen LogP contribution is -2.08. The summed E-state index contributed by atoms with van der Waals surface area (Å²) in [6, 6.07) is 5.86. The lowest BCUT2D eigenvalue weighted by Gasteiger charge is -2.04. The molecule has 0 aliphatic carbocycles. The van der Waals surface area contributed by atoms with Crippen LogP contribution in [0.1, 0.15) is 58.0 Å². The molecule has 3 rings (SSSR count). The number of hydrogen-bond acceptors (Lipinski definition) is 10. The summed E-state index contributed by atoms with van der Waals surface area (Å²) in [5.41, 5.74) is 0.549. The number of nitrogens with zero attached hydrogens (tertiary/aromatic N) is 4. The number of benzene rings is 1. The van der Waals surface area contributed by atoms with E-state index in [1.807, 2.05) is 13.8 Å². The third-order valence-electron chi connectivity index (χ3n) is 3.66. The second-order valence-corrected chi connectivity index (χ2v) is 5.65. The van der Waals surface area contributed by atoms with Crippen molar-refractivity contribution < 1.29 is 28.1 Å². The average Bonchev–Trinajstić information content (AvgIpc) is 3.39. The fourth-order valence-electron chi connectivity index (χ4n) is 2.15. The minimum absolute atomic E-state index is 0.125. The maximum atomic E-state index is 12.1. The average molecular weight is 386 g/mol. The summed E-state index contributed by atoms with van der Waals surface area (Å²) < 4.78 is 20.1. The van der Waals surface area contributed by atoms with E-state index in [2.05, 4.69) is 20.3 Å². The van der Waals surface area contributed by atoms with Gasteiger partial charge >= 0.3 is 11.9 Å². The molecule has 0 bridgehead atoms. The molecule has 3 aromatic rings. The standard InChI is InChI=1S/C18H18N4O6/c1-3-13-19-15(27-21-13)9-25-17(23)11-5-7-12(8-6-11)18(24)26-10-16-20-14(4-2)22-28-16/h5-8H,3-4,9-10H2,1-2H3. The van der Waals surface area contributed by atoms with Crippen LogP contribution in [0.3, 0.4) is 0 Å². The van der Waals surface area contributed by atoms with Gasteiger partial charge in [-0.2, -0.15) is 9.97 Å². The van der Waals surface area contributed by atoms with Gasteiger partial charge in [-0.25, -0.2) is 9.59 Å². The van der Waals surface area contributed by atoms with Gasteiger partial charge in [0.2, 0.25) is 0 Å². The Kier molecular flexibility index (Phi) is 6.10. The van der Waals surface area contributed by atoms with Crippen molar-refractivity contribution in [2.45, 2.75) is 39.9 Å². The van der Waals surface area contributed by atoms with Gasteiger partial charge in [-0.1, -0.05) is 24.2 Å². The number of carbonyl (C=O) groups excluding carboxylic acids is 2. The topological polar surface area (TPSA) is 130 Å². The molecule has 0 saturated heterocycles. The van der Waals surface area contributed by atoms with Crippen molar-refractivity contribution in [1.82, 2.24) is 20.3 Å². The molecular weight excluding hydrogens is 368 g/mol. The van der Waals surface area contributed by atoms with Crippen molar-refractivity contribution in [1.29, 1.82) is 0 Å². The number of esters is 2. The molecule has 0 spiro atoms. The highest BCUT2D eigenvalue weighted by molar-refractivity contribution is 5.93. The highest BCUT2D eigenvalue weighted by atomic mass is 16.6. The number of rotatable bonds is 8. The molecule has 0 aliphatic rings. The SMILES string of the molecule is CCc1noc(COC(=O)c2ccc(C(=O)OCc3nc(CC)no3)cc2)n1. The molecule has 2 aromatic heterocycles. The fourth-order valence-corrected chi connectivity index (χ4v) is 2.15. The van der Waals surface area contributed by atoms with Crippen LogP contribution in [0.2, 0.25) is 0 Å². The number of carbonyl (C=O) groups is 2. The van der Waals surface area contributed by atoms with E-state index in [0.29, 0.717) is 24.5 Å². The number of hydrogen-bond donors (Lipinski definition) is 0. The molecule has 0 atom stereocenters. The van der Waals surface area contributed by atoms with Crippen molar-refractivity contribution in [3.05, 3.63) is 58.8 Å². The smallest absolute Gasteiger partial charge is 0.338 e. The second kappa shape index (κ2) is 8.89. The predicted octanol–water partition coefficient (Wildman–Crippen LogP) is 2.29. The molecule has 0 aliphatic heterocycles. The van der Waals surface area contributed by atoms with Gasteiger partial charge in [-0.3, -0.25) is 0 Å². The van der Waals surface area contributed by atoms with E-state index in [1.54, 1.807) is 0 Å². The van der Waals surface area contributed by atoms with E-state index in [0.717, 1.165) is 0 Å². The van der Waals surface area contributed by atoms with Gasteiger partial charge in [-0.15, -0.1) is 0 Å².